The Hall–Kier alpha value is -0.900. The van der Waals surface area contributed by atoms with Crippen LogP contribution in [-0.2, 0) is 6.42 Å². The molecule has 2 saturated carbocycles. The molecule has 1 aliphatic heterocycles. The Morgan fingerprint density at radius 3 is 2.84 bits per heavy atom. The average Bonchev–Trinajstić information content (AvgIpc) is 3.14. The second-order valence-electron chi connectivity index (χ2n) is 6.64. The summed E-state index contributed by atoms with van der Waals surface area (Å²) in [6.45, 7) is 0. The molecular weight excluding hydrogens is 238 g/mol. The Balaban J connectivity index is 1.42. The molecular formula is C15H23N3O. The molecule has 19 heavy (non-hydrogen) atoms. The van der Waals surface area contributed by atoms with Crippen molar-refractivity contribution in [2.45, 2.75) is 69.9 Å². The summed E-state index contributed by atoms with van der Waals surface area (Å²) in [7, 11) is 0. The molecule has 3 atom stereocenters. The summed E-state index contributed by atoms with van der Waals surface area (Å²) < 4.78 is 5.49. The molecule has 0 aromatic carbocycles. The maximum atomic E-state index is 5.49. The third-order valence-corrected chi connectivity index (χ3v) is 5.10. The van der Waals surface area contributed by atoms with Crippen LogP contribution in [0.15, 0.2) is 4.52 Å². The van der Waals surface area contributed by atoms with Gasteiger partial charge in [0, 0.05) is 12.5 Å². The summed E-state index contributed by atoms with van der Waals surface area (Å²) in [5.74, 6) is 3.47. The molecule has 0 spiro atoms. The molecule has 3 fully saturated rings. The molecule has 3 aliphatic rings. The van der Waals surface area contributed by atoms with E-state index in [-0.39, 0.29) is 0 Å². The Kier molecular flexibility index (Phi) is 3.06. The minimum atomic E-state index is 0.305. The average molecular weight is 261 g/mol. The molecule has 4 nitrogen and oxygen atoms in total. The topological polar surface area (TPSA) is 51.0 Å². The number of hydrogen-bond acceptors (Lipinski definition) is 4. The fraction of sp³-hybridized carbons (Fsp3) is 0.867. The van der Waals surface area contributed by atoms with Gasteiger partial charge in [-0.3, -0.25) is 0 Å². The molecule has 0 amide bonds. The van der Waals surface area contributed by atoms with Crippen LogP contribution in [0.2, 0.25) is 0 Å². The van der Waals surface area contributed by atoms with Crippen molar-refractivity contribution in [3.63, 3.8) is 0 Å². The third kappa shape index (κ3) is 2.55. The molecule has 4 heteroatoms. The van der Waals surface area contributed by atoms with E-state index < -0.39 is 0 Å². The van der Waals surface area contributed by atoms with E-state index in [1.165, 1.54) is 44.9 Å². The van der Waals surface area contributed by atoms with Gasteiger partial charge in [-0.05, 0) is 50.4 Å². The van der Waals surface area contributed by atoms with E-state index in [2.05, 4.69) is 15.5 Å². The van der Waals surface area contributed by atoms with E-state index in [4.69, 9.17) is 4.52 Å². The van der Waals surface area contributed by atoms with Crippen LogP contribution in [0.1, 0.15) is 69.1 Å². The molecule has 2 aliphatic carbocycles. The van der Waals surface area contributed by atoms with Crippen molar-refractivity contribution in [3.8, 4) is 0 Å². The van der Waals surface area contributed by atoms with E-state index in [0.29, 0.717) is 12.1 Å². The summed E-state index contributed by atoms with van der Waals surface area (Å²) >= 11 is 0. The SMILES string of the molecule is C1CCC2NC(c3nc(CC4CC4)no3)CCC2C1. The van der Waals surface area contributed by atoms with Crippen LogP contribution in [0.25, 0.3) is 0 Å². The lowest BCUT2D eigenvalue weighted by atomic mass is 9.78. The number of piperidine rings is 1. The third-order valence-electron chi connectivity index (χ3n) is 5.10. The lowest BCUT2D eigenvalue weighted by Gasteiger charge is -2.39. The zero-order chi connectivity index (χ0) is 12.7. The van der Waals surface area contributed by atoms with E-state index in [0.717, 1.165) is 36.4 Å². The predicted molar refractivity (Wildman–Crippen MR) is 71.6 cm³/mol. The Morgan fingerprint density at radius 1 is 1.05 bits per heavy atom. The highest BCUT2D eigenvalue weighted by Gasteiger charge is 2.34. The van der Waals surface area contributed by atoms with Gasteiger partial charge in [-0.15, -0.1) is 0 Å². The van der Waals surface area contributed by atoms with Crippen LogP contribution < -0.4 is 5.32 Å². The Labute approximate surface area is 114 Å². The smallest absolute Gasteiger partial charge is 0.243 e. The molecule has 0 bridgehead atoms. The van der Waals surface area contributed by atoms with Gasteiger partial charge in [-0.2, -0.15) is 4.98 Å². The van der Waals surface area contributed by atoms with Gasteiger partial charge in [0.1, 0.15) is 0 Å². The first-order valence-electron chi connectivity index (χ1n) is 7.97. The van der Waals surface area contributed by atoms with E-state index in [1.807, 2.05) is 0 Å². The lowest BCUT2D eigenvalue weighted by molar-refractivity contribution is 0.158. The molecule has 4 rings (SSSR count). The van der Waals surface area contributed by atoms with Crippen LogP contribution in [0.3, 0.4) is 0 Å². The predicted octanol–water partition coefficient (Wildman–Crippen LogP) is 3.01. The van der Waals surface area contributed by atoms with Crippen LogP contribution in [0.4, 0.5) is 0 Å². The zero-order valence-corrected chi connectivity index (χ0v) is 11.5. The number of nitrogens with one attached hydrogen (secondary N) is 1. The van der Waals surface area contributed by atoms with Crippen molar-refractivity contribution in [2.75, 3.05) is 0 Å². The normalized spacial score (nSPS) is 35.1. The highest BCUT2D eigenvalue weighted by molar-refractivity contribution is 5.00. The fourth-order valence-electron chi connectivity index (χ4n) is 3.76. The lowest BCUT2D eigenvalue weighted by Crippen LogP contribution is -2.44. The van der Waals surface area contributed by atoms with Gasteiger partial charge in [-0.25, -0.2) is 0 Å². The van der Waals surface area contributed by atoms with Gasteiger partial charge in [0.2, 0.25) is 5.89 Å². The van der Waals surface area contributed by atoms with Crippen molar-refractivity contribution in [3.05, 3.63) is 11.7 Å². The number of hydrogen-bond donors (Lipinski definition) is 1. The quantitative estimate of drug-likeness (QED) is 0.908. The first-order chi connectivity index (χ1) is 9.38. The summed E-state index contributed by atoms with van der Waals surface area (Å²) in [4.78, 5) is 4.61. The minimum Gasteiger partial charge on any atom is -0.338 e. The van der Waals surface area contributed by atoms with Crippen molar-refractivity contribution < 1.29 is 4.52 Å². The van der Waals surface area contributed by atoms with Gasteiger partial charge in [0.05, 0.1) is 6.04 Å². The van der Waals surface area contributed by atoms with Gasteiger partial charge in [0.25, 0.3) is 0 Å². The van der Waals surface area contributed by atoms with Crippen molar-refractivity contribution in [1.29, 1.82) is 0 Å². The first-order valence-corrected chi connectivity index (χ1v) is 7.97. The van der Waals surface area contributed by atoms with Crippen LogP contribution in [-0.4, -0.2) is 16.2 Å². The Bertz CT molecular complexity index is 440. The highest BCUT2D eigenvalue weighted by Crippen LogP contribution is 2.37. The van der Waals surface area contributed by atoms with Crippen LogP contribution in [0.5, 0.6) is 0 Å². The largest absolute Gasteiger partial charge is 0.338 e. The molecule has 2 heterocycles. The minimum absolute atomic E-state index is 0.305. The summed E-state index contributed by atoms with van der Waals surface area (Å²) in [6, 6.07) is 0.992. The second-order valence-corrected chi connectivity index (χ2v) is 6.64. The summed E-state index contributed by atoms with van der Waals surface area (Å²) in [5.41, 5.74) is 0. The first kappa shape index (κ1) is 11.9. The number of rotatable bonds is 3. The van der Waals surface area contributed by atoms with Gasteiger partial charge in [-0.1, -0.05) is 18.0 Å². The van der Waals surface area contributed by atoms with E-state index >= 15 is 0 Å². The fourth-order valence-corrected chi connectivity index (χ4v) is 3.76. The molecule has 1 N–H and O–H groups in total. The van der Waals surface area contributed by atoms with Crippen LogP contribution in [0, 0.1) is 11.8 Å². The molecule has 1 aromatic heterocycles. The van der Waals surface area contributed by atoms with E-state index in [1.54, 1.807) is 0 Å². The molecule has 1 saturated heterocycles. The highest BCUT2D eigenvalue weighted by atomic mass is 16.5. The van der Waals surface area contributed by atoms with Gasteiger partial charge in [0.15, 0.2) is 5.82 Å². The van der Waals surface area contributed by atoms with Crippen molar-refractivity contribution in [2.24, 2.45) is 11.8 Å². The number of fused-ring (bicyclic) bond motifs is 1. The molecule has 104 valence electrons. The second kappa shape index (κ2) is 4.89. The molecule has 1 aromatic rings. The van der Waals surface area contributed by atoms with Crippen molar-refractivity contribution in [1.82, 2.24) is 15.5 Å². The standard InChI is InChI=1S/C15H23N3O/c1-2-4-12-11(3-1)7-8-13(16-12)15-17-14(18-19-15)9-10-5-6-10/h10-13,16H,1-9H2. The summed E-state index contributed by atoms with van der Waals surface area (Å²) in [6.07, 6.45) is 11.7. The van der Waals surface area contributed by atoms with Gasteiger partial charge < -0.3 is 9.84 Å². The maximum Gasteiger partial charge on any atom is 0.243 e. The van der Waals surface area contributed by atoms with Gasteiger partial charge >= 0.3 is 0 Å². The molecule has 0 radical (unpaired) electrons. The molecule has 3 unspecified atom stereocenters. The zero-order valence-electron chi connectivity index (χ0n) is 11.5. The van der Waals surface area contributed by atoms with E-state index in [9.17, 15) is 0 Å². The Morgan fingerprint density at radius 2 is 1.95 bits per heavy atom. The monoisotopic (exact) mass is 261 g/mol. The number of nitrogens with zero attached hydrogens (tertiary/aromatic N) is 2. The maximum absolute atomic E-state index is 5.49. The van der Waals surface area contributed by atoms with Crippen LogP contribution >= 0.6 is 0 Å². The number of aromatic nitrogens is 2. The van der Waals surface area contributed by atoms with Crippen molar-refractivity contribution >= 4 is 0 Å². The summed E-state index contributed by atoms with van der Waals surface area (Å²) in [5, 5.41) is 7.91.